The second-order valence-electron chi connectivity index (χ2n) is 7.57. The van der Waals surface area contributed by atoms with Crippen molar-refractivity contribution in [1.29, 1.82) is 0 Å². The van der Waals surface area contributed by atoms with Gasteiger partial charge < -0.3 is 24.1 Å². The number of benzene rings is 2. The third-order valence-corrected chi connectivity index (χ3v) is 5.52. The van der Waals surface area contributed by atoms with Crippen molar-refractivity contribution in [2.45, 2.75) is 44.4 Å². The molecule has 0 bridgehead atoms. The highest BCUT2D eigenvalue weighted by molar-refractivity contribution is 6.32. The van der Waals surface area contributed by atoms with Crippen molar-refractivity contribution in [3.05, 3.63) is 47.0 Å². The van der Waals surface area contributed by atoms with E-state index in [1.54, 1.807) is 19.1 Å². The number of alkyl halides is 3. The number of hydrogen-bond donors (Lipinski definition) is 1. The molecular weight excluding hydrogens is 465 g/mol. The predicted molar refractivity (Wildman–Crippen MR) is 115 cm³/mol. The maximum absolute atomic E-state index is 12.2. The average molecular weight is 489 g/mol. The Morgan fingerprint density at radius 2 is 1.82 bits per heavy atom. The number of carboxylic acids is 1. The summed E-state index contributed by atoms with van der Waals surface area (Å²) in [5.74, 6) is 0.409. The zero-order chi connectivity index (χ0) is 24.1. The first-order valence-electron chi connectivity index (χ1n) is 10.4. The largest absolute Gasteiger partial charge is 0.493 e. The summed E-state index contributed by atoms with van der Waals surface area (Å²) >= 11 is 6.04. The van der Waals surface area contributed by atoms with Crippen molar-refractivity contribution in [1.82, 2.24) is 0 Å². The molecule has 1 aliphatic rings. The summed E-state index contributed by atoms with van der Waals surface area (Å²) in [6, 6.07) is 9.42. The maximum atomic E-state index is 12.2. The molecule has 33 heavy (non-hydrogen) atoms. The van der Waals surface area contributed by atoms with E-state index in [9.17, 15) is 23.1 Å². The van der Waals surface area contributed by atoms with Crippen LogP contribution in [-0.2, 0) is 11.2 Å². The van der Waals surface area contributed by atoms with Gasteiger partial charge in [-0.05, 0) is 36.6 Å². The van der Waals surface area contributed by atoms with Gasteiger partial charge in [0.25, 0.3) is 0 Å². The molecule has 0 saturated heterocycles. The molecule has 1 heterocycles. The van der Waals surface area contributed by atoms with Crippen LogP contribution in [0.1, 0.15) is 31.7 Å². The molecule has 2 aromatic rings. The van der Waals surface area contributed by atoms with E-state index in [-0.39, 0.29) is 17.4 Å². The third kappa shape index (κ3) is 6.60. The molecule has 0 unspecified atom stereocenters. The zero-order valence-corrected chi connectivity index (χ0v) is 18.7. The van der Waals surface area contributed by atoms with Crippen LogP contribution in [0.4, 0.5) is 13.2 Å². The number of ether oxygens (including phenoxy) is 4. The lowest BCUT2D eigenvalue weighted by molar-refractivity contribution is -0.157. The molecule has 2 aromatic carbocycles. The summed E-state index contributed by atoms with van der Waals surface area (Å²) in [6.45, 7) is 0.974. The molecule has 0 amide bonds. The van der Waals surface area contributed by atoms with Crippen molar-refractivity contribution in [3.8, 4) is 23.0 Å². The molecule has 0 aromatic heterocycles. The van der Waals surface area contributed by atoms with Crippen LogP contribution in [0.5, 0.6) is 23.0 Å². The fourth-order valence-corrected chi connectivity index (χ4v) is 3.58. The molecule has 1 atom stereocenters. The van der Waals surface area contributed by atoms with E-state index in [0.717, 1.165) is 5.56 Å². The van der Waals surface area contributed by atoms with Crippen molar-refractivity contribution < 1.29 is 42.0 Å². The molecule has 0 fully saturated rings. The van der Waals surface area contributed by atoms with Gasteiger partial charge in [-0.25, -0.2) is 4.79 Å². The van der Waals surface area contributed by atoms with Crippen LogP contribution in [0, 0.1) is 0 Å². The van der Waals surface area contributed by atoms with Crippen LogP contribution >= 0.6 is 11.6 Å². The van der Waals surface area contributed by atoms with Gasteiger partial charge in [0.15, 0.2) is 6.61 Å². The zero-order valence-electron chi connectivity index (χ0n) is 17.9. The number of fused-ring (bicyclic) bond motifs is 1. The quantitative estimate of drug-likeness (QED) is 0.433. The molecule has 1 aliphatic heterocycles. The molecule has 6 nitrogen and oxygen atoms in total. The van der Waals surface area contributed by atoms with Crippen molar-refractivity contribution in [2.24, 2.45) is 0 Å². The Kier molecular flexibility index (Phi) is 7.84. The van der Waals surface area contributed by atoms with Crippen LogP contribution < -0.4 is 18.9 Å². The highest BCUT2D eigenvalue weighted by Gasteiger charge is 2.42. The van der Waals surface area contributed by atoms with Crippen LogP contribution in [0.25, 0.3) is 0 Å². The highest BCUT2D eigenvalue weighted by atomic mass is 35.5. The summed E-state index contributed by atoms with van der Waals surface area (Å²) in [7, 11) is 0. The van der Waals surface area contributed by atoms with Gasteiger partial charge in [-0.15, -0.1) is 0 Å². The maximum Gasteiger partial charge on any atom is 0.422 e. The Bertz CT molecular complexity index is 981. The van der Waals surface area contributed by atoms with Gasteiger partial charge in [-0.3, -0.25) is 0 Å². The summed E-state index contributed by atoms with van der Waals surface area (Å²) in [5, 5.41) is 9.68. The Morgan fingerprint density at radius 1 is 1.12 bits per heavy atom. The standard InChI is InChI=1S/C23H24ClF3O6/c1-2-22(21(28)29)9-8-15-4-5-17(13-20(15)33-22)30-10-3-11-31-19-7-6-16(12-18(19)24)32-14-23(25,26)27/h4-7,12-13H,2-3,8-11,14H2,1H3,(H,28,29)/t22-/m0/s1. The molecule has 1 N–H and O–H groups in total. The number of aryl methyl sites for hydroxylation is 1. The Labute approximate surface area is 194 Å². The topological polar surface area (TPSA) is 74.2 Å². The van der Waals surface area contributed by atoms with Gasteiger partial charge in [-0.1, -0.05) is 24.6 Å². The monoisotopic (exact) mass is 488 g/mol. The van der Waals surface area contributed by atoms with E-state index in [2.05, 4.69) is 4.74 Å². The third-order valence-electron chi connectivity index (χ3n) is 5.22. The SMILES string of the molecule is CC[C@@]1(C(=O)O)CCc2ccc(OCCCOc3ccc(OCC(F)(F)F)cc3Cl)cc2O1. The number of halogens is 4. The Hall–Kier alpha value is -2.81. The van der Waals surface area contributed by atoms with Crippen molar-refractivity contribution in [2.75, 3.05) is 19.8 Å². The van der Waals surface area contributed by atoms with E-state index in [0.29, 0.717) is 49.5 Å². The summed E-state index contributed by atoms with van der Waals surface area (Å²) in [4.78, 5) is 11.6. The first-order valence-corrected chi connectivity index (χ1v) is 10.8. The average Bonchev–Trinajstić information content (AvgIpc) is 2.77. The minimum atomic E-state index is -4.43. The molecule has 0 spiro atoms. The first kappa shape index (κ1) is 24.8. The Balaban J connectivity index is 1.46. The van der Waals surface area contributed by atoms with Gasteiger partial charge in [0.1, 0.15) is 23.0 Å². The Morgan fingerprint density at radius 3 is 2.48 bits per heavy atom. The van der Waals surface area contributed by atoms with E-state index >= 15 is 0 Å². The number of hydrogen-bond acceptors (Lipinski definition) is 5. The minimum Gasteiger partial charge on any atom is -0.493 e. The fraction of sp³-hybridized carbons (Fsp3) is 0.435. The van der Waals surface area contributed by atoms with Crippen LogP contribution in [0.2, 0.25) is 5.02 Å². The molecule has 3 rings (SSSR count). The summed E-state index contributed by atoms with van der Waals surface area (Å²) < 4.78 is 58.4. The lowest BCUT2D eigenvalue weighted by Gasteiger charge is -2.34. The first-order chi connectivity index (χ1) is 15.6. The van der Waals surface area contributed by atoms with Gasteiger partial charge in [0, 0.05) is 25.0 Å². The van der Waals surface area contributed by atoms with Crippen LogP contribution in [-0.4, -0.2) is 42.7 Å². The number of carboxylic acid groups (broad SMARTS) is 1. The van der Waals surface area contributed by atoms with E-state index in [1.165, 1.54) is 18.2 Å². The normalized spacial score (nSPS) is 17.6. The van der Waals surface area contributed by atoms with E-state index in [4.69, 9.17) is 25.8 Å². The molecule has 180 valence electrons. The second kappa shape index (κ2) is 10.4. The van der Waals surface area contributed by atoms with E-state index in [1.807, 2.05) is 6.07 Å². The molecule has 10 heteroatoms. The van der Waals surface area contributed by atoms with Crippen LogP contribution in [0.3, 0.4) is 0 Å². The fourth-order valence-electron chi connectivity index (χ4n) is 3.36. The van der Waals surface area contributed by atoms with Gasteiger partial charge in [0.05, 0.1) is 18.2 Å². The number of carbonyl (C=O) groups is 1. The number of aliphatic carboxylic acids is 1. The molecular formula is C23H24ClF3O6. The number of rotatable bonds is 10. The molecule has 0 aliphatic carbocycles. The predicted octanol–water partition coefficient (Wildman–Crippen LogP) is 5.69. The highest BCUT2D eigenvalue weighted by Crippen LogP contribution is 2.37. The minimum absolute atomic E-state index is 0.00220. The lowest BCUT2D eigenvalue weighted by atomic mass is 9.89. The lowest BCUT2D eigenvalue weighted by Crippen LogP contribution is -2.46. The van der Waals surface area contributed by atoms with Gasteiger partial charge in [-0.2, -0.15) is 13.2 Å². The molecule has 0 radical (unpaired) electrons. The summed E-state index contributed by atoms with van der Waals surface area (Å²) in [6.07, 6.45) is -2.52. The smallest absolute Gasteiger partial charge is 0.422 e. The van der Waals surface area contributed by atoms with Crippen LogP contribution in [0.15, 0.2) is 36.4 Å². The molecule has 0 saturated carbocycles. The van der Waals surface area contributed by atoms with E-state index < -0.39 is 24.4 Å². The van der Waals surface area contributed by atoms with Gasteiger partial charge in [0.2, 0.25) is 5.60 Å². The van der Waals surface area contributed by atoms with Crippen molar-refractivity contribution in [3.63, 3.8) is 0 Å². The second-order valence-corrected chi connectivity index (χ2v) is 7.98. The summed E-state index contributed by atoms with van der Waals surface area (Å²) in [5.41, 5.74) is -0.278. The van der Waals surface area contributed by atoms with Crippen molar-refractivity contribution >= 4 is 17.6 Å². The van der Waals surface area contributed by atoms with Gasteiger partial charge >= 0.3 is 12.1 Å².